The van der Waals surface area contributed by atoms with Crippen molar-refractivity contribution >= 4 is 29.1 Å². The molecule has 1 heterocycles. The lowest BCUT2D eigenvalue weighted by molar-refractivity contribution is 0.0691. The van der Waals surface area contributed by atoms with Gasteiger partial charge in [0.1, 0.15) is 0 Å². The van der Waals surface area contributed by atoms with E-state index in [9.17, 15) is 4.79 Å². The van der Waals surface area contributed by atoms with Gasteiger partial charge in [-0.25, -0.2) is 14.8 Å². The summed E-state index contributed by atoms with van der Waals surface area (Å²) in [6.07, 6.45) is 2.73. The molecule has 6 heteroatoms. The van der Waals surface area contributed by atoms with Crippen molar-refractivity contribution in [3.8, 4) is 0 Å². The Morgan fingerprint density at radius 1 is 1.24 bits per heavy atom. The number of hydrogen-bond donors (Lipinski definition) is 2. The molecular formula is C11H8ClN3O2. The van der Waals surface area contributed by atoms with Gasteiger partial charge in [-0.2, -0.15) is 0 Å². The Bertz CT molecular complexity index is 560. The van der Waals surface area contributed by atoms with Crippen molar-refractivity contribution in [2.45, 2.75) is 0 Å². The maximum Gasteiger partial charge on any atom is 0.358 e. The van der Waals surface area contributed by atoms with Crippen LogP contribution in [0.5, 0.6) is 0 Å². The van der Waals surface area contributed by atoms with Crippen LogP contribution in [-0.4, -0.2) is 21.0 Å². The highest BCUT2D eigenvalue weighted by molar-refractivity contribution is 6.33. The summed E-state index contributed by atoms with van der Waals surface area (Å²) in [5.41, 5.74) is 0.435. The molecule has 5 nitrogen and oxygen atoms in total. The van der Waals surface area contributed by atoms with E-state index in [2.05, 4.69) is 15.3 Å². The highest BCUT2D eigenvalue weighted by Gasteiger charge is 2.13. The molecule has 0 unspecified atom stereocenters. The number of carboxylic acid groups (broad SMARTS) is 1. The summed E-state index contributed by atoms with van der Waals surface area (Å²) in [5.74, 6) is -0.985. The molecule has 1 aromatic heterocycles. The van der Waals surface area contributed by atoms with E-state index in [0.29, 0.717) is 10.7 Å². The summed E-state index contributed by atoms with van der Waals surface area (Å²) in [4.78, 5) is 18.6. The summed E-state index contributed by atoms with van der Waals surface area (Å²) in [5, 5.41) is 12.3. The molecule has 0 amide bonds. The highest BCUT2D eigenvalue weighted by Crippen LogP contribution is 2.24. The molecule has 0 saturated heterocycles. The molecule has 0 radical (unpaired) electrons. The lowest BCUT2D eigenvalue weighted by Crippen LogP contribution is -2.07. The lowest BCUT2D eigenvalue weighted by Gasteiger charge is -2.08. The van der Waals surface area contributed by atoms with Crippen molar-refractivity contribution in [3.05, 3.63) is 47.4 Å². The molecule has 2 aromatic rings. The van der Waals surface area contributed by atoms with Crippen molar-refractivity contribution in [3.63, 3.8) is 0 Å². The average Bonchev–Trinajstić information content (AvgIpc) is 2.32. The Kier molecular flexibility index (Phi) is 3.20. The van der Waals surface area contributed by atoms with Gasteiger partial charge in [0, 0.05) is 12.4 Å². The molecule has 2 rings (SSSR count). The van der Waals surface area contributed by atoms with Crippen molar-refractivity contribution in [1.82, 2.24) is 9.97 Å². The quantitative estimate of drug-likeness (QED) is 0.874. The Hall–Kier alpha value is -2.14. The number of nitrogens with zero attached hydrogens (tertiary/aromatic N) is 2. The number of aromatic carboxylic acids is 1. The SMILES string of the molecule is O=C(O)c1nccnc1Nc1ccccc1Cl. The molecule has 86 valence electrons. The minimum Gasteiger partial charge on any atom is -0.476 e. The number of aromatic nitrogens is 2. The monoisotopic (exact) mass is 249 g/mol. The largest absolute Gasteiger partial charge is 0.476 e. The number of carboxylic acids is 1. The van der Waals surface area contributed by atoms with Crippen LogP contribution in [0.1, 0.15) is 10.5 Å². The van der Waals surface area contributed by atoms with E-state index >= 15 is 0 Å². The fourth-order valence-electron chi connectivity index (χ4n) is 1.28. The molecule has 1 aromatic carbocycles. The number of nitrogens with one attached hydrogen (secondary N) is 1. The zero-order valence-corrected chi connectivity index (χ0v) is 9.35. The van der Waals surface area contributed by atoms with Crippen LogP contribution in [-0.2, 0) is 0 Å². The average molecular weight is 250 g/mol. The van der Waals surface area contributed by atoms with Gasteiger partial charge in [-0.05, 0) is 12.1 Å². The molecule has 0 atom stereocenters. The minimum absolute atomic E-state index is 0.146. The van der Waals surface area contributed by atoms with Crippen molar-refractivity contribution in [2.75, 3.05) is 5.32 Å². The first-order valence-electron chi connectivity index (χ1n) is 4.74. The summed E-state index contributed by atoms with van der Waals surface area (Å²) in [7, 11) is 0. The zero-order valence-electron chi connectivity index (χ0n) is 8.59. The smallest absolute Gasteiger partial charge is 0.358 e. The molecule has 2 N–H and O–H groups in total. The zero-order chi connectivity index (χ0) is 12.3. The van der Waals surface area contributed by atoms with Crippen LogP contribution in [0, 0.1) is 0 Å². The number of benzene rings is 1. The highest BCUT2D eigenvalue weighted by atomic mass is 35.5. The van der Waals surface area contributed by atoms with Gasteiger partial charge in [0.2, 0.25) is 0 Å². The minimum atomic E-state index is -1.15. The van der Waals surface area contributed by atoms with Crippen LogP contribution in [0.15, 0.2) is 36.7 Å². The van der Waals surface area contributed by atoms with Gasteiger partial charge in [0.25, 0.3) is 0 Å². The van der Waals surface area contributed by atoms with E-state index in [1.165, 1.54) is 12.4 Å². The van der Waals surface area contributed by atoms with Gasteiger partial charge in [-0.15, -0.1) is 0 Å². The van der Waals surface area contributed by atoms with Gasteiger partial charge in [-0.3, -0.25) is 0 Å². The second kappa shape index (κ2) is 4.80. The van der Waals surface area contributed by atoms with Crippen LogP contribution >= 0.6 is 11.6 Å². The van der Waals surface area contributed by atoms with E-state index in [0.717, 1.165) is 0 Å². The maximum absolute atomic E-state index is 10.9. The molecule has 0 aliphatic carbocycles. The second-order valence-corrected chi connectivity index (χ2v) is 3.57. The first-order valence-corrected chi connectivity index (χ1v) is 5.12. The van der Waals surface area contributed by atoms with Gasteiger partial charge in [-0.1, -0.05) is 23.7 Å². The summed E-state index contributed by atoms with van der Waals surface area (Å²) < 4.78 is 0. The normalized spacial score (nSPS) is 9.94. The molecule has 0 aliphatic heterocycles. The lowest BCUT2D eigenvalue weighted by atomic mass is 10.3. The summed E-state index contributed by atoms with van der Waals surface area (Å²) in [6, 6.07) is 6.98. The first kappa shape index (κ1) is 11.3. The summed E-state index contributed by atoms with van der Waals surface area (Å²) >= 11 is 5.95. The molecule has 0 fully saturated rings. The van der Waals surface area contributed by atoms with Gasteiger partial charge >= 0.3 is 5.97 Å². The number of halogens is 1. The third kappa shape index (κ3) is 2.51. The van der Waals surface area contributed by atoms with Crippen molar-refractivity contribution < 1.29 is 9.90 Å². The van der Waals surface area contributed by atoms with Gasteiger partial charge < -0.3 is 10.4 Å². The Balaban J connectivity index is 2.37. The Morgan fingerprint density at radius 3 is 2.65 bits per heavy atom. The Morgan fingerprint density at radius 2 is 1.94 bits per heavy atom. The van der Waals surface area contributed by atoms with Crippen LogP contribution in [0.4, 0.5) is 11.5 Å². The van der Waals surface area contributed by atoms with Crippen LogP contribution in [0.3, 0.4) is 0 Å². The van der Waals surface area contributed by atoms with E-state index in [-0.39, 0.29) is 11.5 Å². The third-order valence-corrected chi connectivity index (χ3v) is 2.36. The predicted molar refractivity (Wildman–Crippen MR) is 63.7 cm³/mol. The third-order valence-electron chi connectivity index (χ3n) is 2.03. The summed E-state index contributed by atoms with van der Waals surface area (Å²) in [6.45, 7) is 0. The van der Waals surface area contributed by atoms with Gasteiger partial charge in [0.05, 0.1) is 10.7 Å². The number of anilines is 2. The number of para-hydroxylation sites is 1. The molecular weight excluding hydrogens is 242 g/mol. The fourth-order valence-corrected chi connectivity index (χ4v) is 1.46. The standard InChI is InChI=1S/C11H8ClN3O2/c12-7-3-1-2-4-8(7)15-10-9(11(16)17)13-5-6-14-10/h1-6H,(H,14,15)(H,16,17). The molecule has 0 aliphatic rings. The van der Waals surface area contributed by atoms with Gasteiger partial charge in [0.15, 0.2) is 11.5 Å². The number of carbonyl (C=O) groups is 1. The first-order chi connectivity index (χ1) is 8.18. The van der Waals surface area contributed by atoms with Crippen LogP contribution < -0.4 is 5.32 Å². The second-order valence-electron chi connectivity index (χ2n) is 3.16. The Labute approximate surface area is 102 Å². The maximum atomic E-state index is 10.9. The molecule has 0 spiro atoms. The van der Waals surface area contributed by atoms with E-state index in [4.69, 9.17) is 16.7 Å². The topological polar surface area (TPSA) is 75.1 Å². The van der Waals surface area contributed by atoms with Crippen molar-refractivity contribution in [2.24, 2.45) is 0 Å². The van der Waals surface area contributed by atoms with Crippen molar-refractivity contribution in [1.29, 1.82) is 0 Å². The molecule has 0 bridgehead atoms. The van der Waals surface area contributed by atoms with E-state index in [1.54, 1.807) is 24.3 Å². The van der Waals surface area contributed by atoms with E-state index in [1.807, 2.05) is 0 Å². The van der Waals surface area contributed by atoms with E-state index < -0.39 is 5.97 Å². The fraction of sp³-hybridized carbons (Fsp3) is 0. The molecule has 0 saturated carbocycles. The number of rotatable bonds is 3. The van der Waals surface area contributed by atoms with Crippen LogP contribution in [0.25, 0.3) is 0 Å². The number of hydrogen-bond acceptors (Lipinski definition) is 4. The molecule has 17 heavy (non-hydrogen) atoms. The van der Waals surface area contributed by atoms with Crippen LogP contribution in [0.2, 0.25) is 5.02 Å². The predicted octanol–water partition coefficient (Wildman–Crippen LogP) is 2.57.